The zero-order valence-electron chi connectivity index (χ0n) is 11.0. The lowest BCUT2D eigenvalue weighted by Crippen LogP contribution is -2.12. The van der Waals surface area contributed by atoms with Crippen molar-refractivity contribution in [2.45, 2.75) is 12.8 Å². The molecule has 1 heterocycles. The van der Waals surface area contributed by atoms with E-state index in [0.29, 0.717) is 23.7 Å². The maximum atomic E-state index is 12.1. The van der Waals surface area contributed by atoms with Crippen LogP contribution in [0.15, 0.2) is 42.5 Å². The van der Waals surface area contributed by atoms with E-state index in [9.17, 15) is 9.90 Å². The molecule has 4 heteroatoms. The van der Waals surface area contributed by atoms with E-state index in [1.54, 1.807) is 6.07 Å². The van der Waals surface area contributed by atoms with Gasteiger partial charge < -0.3 is 14.6 Å². The van der Waals surface area contributed by atoms with Crippen molar-refractivity contribution in [2.24, 2.45) is 0 Å². The zero-order chi connectivity index (χ0) is 14.1. The number of aromatic hydroxyl groups is 1. The van der Waals surface area contributed by atoms with Crippen LogP contribution in [0.2, 0.25) is 0 Å². The Kier molecular flexibility index (Phi) is 3.06. The number of carbonyl (C=O) groups excluding carboxylic acids is 1. The Hall–Kier alpha value is -2.49. The highest BCUT2D eigenvalue weighted by molar-refractivity contribution is 5.91. The van der Waals surface area contributed by atoms with Crippen LogP contribution in [0, 0.1) is 0 Å². The number of phenols is 1. The third-order valence-corrected chi connectivity index (χ3v) is 3.29. The van der Waals surface area contributed by atoms with Gasteiger partial charge in [-0.1, -0.05) is 30.3 Å². The first-order valence-electron chi connectivity index (χ1n) is 6.47. The first-order valence-corrected chi connectivity index (χ1v) is 6.47. The molecule has 0 saturated carbocycles. The molecule has 0 amide bonds. The van der Waals surface area contributed by atoms with Crippen LogP contribution in [0.5, 0.6) is 17.2 Å². The van der Waals surface area contributed by atoms with Gasteiger partial charge in [-0.15, -0.1) is 0 Å². The first-order chi connectivity index (χ1) is 9.72. The lowest BCUT2D eigenvalue weighted by Gasteiger charge is -2.13. The zero-order valence-corrected chi connectivity index (χ0v) is 11.0. The van der Waals surface area contributed by atoms with E-state index < -0.39 is 5.92 Å². The minimum absolute atomic E-state index is 0.0184. The van der Waals surface area contributed by atoms with Crippen molar-refractivity contribution in [3.05, 3.63) is 53.6 Å². The maximum Gasteiger partial charge on any atom is 0.323 e. The van der Waals surface area contributed by atoms with E-state index in [1.807, 2.05) is 37.3 Å². The summed E-state index contributed by atoms with van der Waals surface area (Å²) in [7, 11) is 0. The molecule has 1 atom stereocenters. The summed E-state index contributed by atoms with van der Waals surface area (Å²) in [6, 6.07) is 12.4. The fraction of sp³-hybridized carbons (Fsp3) is 0.188. The van der Waals surface area contributed by atoms with Crippen LogP contribution >= 0.6 is 0 Å². The standard InChI is InChI=1S/C16H14O4/c1-2-19-15-11(17)8-9-12-14(15)13(16(18)20-12)10-6-4-3-5-7-10/h3-9,13,17H,2H2,1H3. The van der Waals surface area contributed by atoms with E-state index in [-0.39, 0.29) is 11.7 Å². The average Bonchev–Trinajstić information content (AvgIpc) is 2.79. The third kappa shape index (κ3) is 1.90. The summed E-state index contributed by atoms with van der Waals surface area (Å²) in [5, 5.41) is 9.96. The number of carbonyl (C=O) groups is 1. The molecule has 0 fully saturated rings. The highest BCUT2D eigenvalue weighted by Gasteiger charge is 2.38. The van der Waals surface area contributed by atoms with Gasteiger partial charge in [0.05, 0.1) is 12.2 Å². The van der Waals surface area contributed by atoms with Crippen LogP contribution < -0.4 is 9.47 Å². The summed E-state index contributed by atoms with van der Waals surface area (Å²) >= 11 is 0. The molecule has 102 valence electrons. The summed E-state index contributed by atoms with van der Waals surface area (Å²) in [5.74, 6) is -0.114. The number of benzene rings is 2. The van der Waals surface area contributed by atoms with Crippen LogP contribution in [0.25, 0.3) is 0 Å². The molecule has 1 aliphatic rings. The van der Waals surface area contributed by atoms with Gasteiger partial charge in [-0.3, -0.25) is 4.79 Å². The van der Waals surface area contributed by atoms with Gasteiger partial charge in [-0.2, -0.15) is 0 Å². The molecule has 1 unspecified atom stereocenters. The van der Waals surface area contributed by atoms with Crippen molar-refractivity contribution >= 4 is 5.97 Å². The second kappa shape index (κ2) is 4.89. The van der Waals surface area contributed by atoms with Crippen molar-refractivity contribution in [1.29, 1.82) is 0 Å². The van der Waals surface area contributed by atoms with Crippen molar-refractivity contribution in [2.75, 3.05) is 6.61 Å². The Morgan fingerprint density at radius 1 is 1.20 bits per heavy atom. The van der Waals surface area contributed by atoms with Crippen LogP contribution in [-0.4, -0.2) is 17.7 Å². The lowest BCUT2D eigenvalue weighted by molar-refractivity contribution is -0.133. The lowest BCUT2D eigenvalue weighted by atomic mass is 9.91. The molecule has 0 spiro atoms. The van der Waals surface area contributed by atoms with Crippen LogP contribution in [0.4, 0.5) is 0 Å². The minimum atomic E-state index is -0.556. The van der Waals surface area contributed by atoms with Gasteiger partial charge in [-0.05, 0) is 24.6 Å². The summed E-state index contributed by atoms with van der Waals surface area (Å²) in [4.78, 5) is 12.1. The van der Waals surface area contributed by atoms with E-state index in [2.05, 4.69) is 0 Å². The molecule has 0 bridgehead atoms. The van der Waals surface area contributed by atoms with Gasteiger partial charge >= 0.3 is 5.97 Å². The topological polar surface area (TPSA) is 55.8 Å². The normalized spacial score (nSPS) is 16.6. The number of hydrogen-bond acceptors (Lipinski definition) is 4. The Bertz CT molecular complexity index is 649. The quantitative estimate of drug-likeness (QED) is 0.688. The maximum absolute atomic E-state index is 12.1. The second-order valence-corrected chi connectivity index (χ2v) is 4.52. The monoisotopic (exact) mass is 270 g/mol. The molecule has 0 aromatic heterocycles. The second-order valence-electron chi connectivity index (χ2n) is 4.52. The van der Waals surface area contributed by atoms with Crippen LogP contribution in [0.3, 0.4) is 0 Å². The number of esters is 1. The molecule has 3 rings (SSSR count). The number of fused-ring (bicyclic) bond motifs is 1. The number of hydrogen-bond donors (Lipinski definition) is 1. The average molecular weight is 270 g/mol. The van der Waals surface area contributed by atoms with Gasteiger partial charge in [0.25, 0.3) is 0 Å². The smallest absolute Gasteiger partial charge is 0.323 e. The molecule has 4 nitrogen and oxygen atoms in total. The van der Waals surface area contributed by atoms with Crippen molar-refractivity contribution < 1.29 is 19.4 Å². The molecule has 2 aromatic rings. The summed E-state index contributed by atoms with van der Waals surface area (Å²) in [6.45, 7) is 2.23. The van der Waals surface area contributed by atoms with E-state index >= 15 is 0 Å². The van der Waals surface area contributed by atoms with E-state index in [0.717, 1.165) is 5.56 Å². The van der Waals surface area contributed by atoms with Gasteiger partial charge in [0.15, 0.2) is 11.5 Å². The molecule has 0 radical (unpaired) electrons. The summed E-state index contributed by atoms with van der Waals surface area (Å²) in [6.07, 6.45) is 0. The largest absolute Gasteiger partial charge is 0.504 e. The number of phenolic OH excluding ortho intramolecular Hbond substituents is 1. The Morgan fingerprint density at radius 2 is 1.95 bits per heavy atom. The van der Waals surface area contributed by atoms with Gasteiger partial charge in [0, 0.05) is 0 Å². The molecule has 1 aliphatic heterocycles. The minimum Gasteiger partial charge on any atom is -0.504 e. The number of rotatable bonds is 3. The Morgan fingerprint density at radius 3 is 2.65 bits per heavy atom. The van der Waals surface area contributed by atoms with Gasteiger partial charge in [0.1, 0.15) is 11.7 Å². The van der Waals surface area contributed by atoms with Crippen LogP contribution in [0.1, 0.15) is 24.0 Å². The molecule has 2 aromatic carbocycles. The SMILES string of the molecule is CCOc1c(O)ccc2c1C(c1ccccc1)C(=O)O2. The molecular weight excluding hydrogens is 256 g/mol. The fourth-order valence-electron chi connectivity index (χ4n) is 2.46. The van der Waals surface area contributed by atoms with Crippen molar-refractivity contribution in [3.8, 4) is 17.2 Å². The van der Waals surface area contributed by atoms with E-state index in [1.165, 1.54) is 6.07 Å². The van der Waals surface area contributed by atoms with Crippen molar-refractivity contribution in [1.82, 2.24) is 0 Å². The van der Waals surface area contributed by atoms with Crippen molar-refractivity contribution in [3.63, 3.8) is 0 Å². The summed E-state index contributed by atoms with van der Waals surface area (Å²) < 4.78 is 10.8. The molecule has 0 saturated heterocycles. The van der Waals surface area contributed by atoms with E-state index in [4.69, 9.17) is 9.47 Å². The summed E-state index contributed by atoms with van der Waals surface area (Å²) in [5.41, 5.74) is 1.42. The predicted octanol–water partition coefficient (Wildman–Crippen LogP) is 2.84. The highest BCUT2D eigenvalue weighted by Crippen LogP contribution is 2.48. The Balaban J connectivity index is 2.18. The van der Waals surface area contributed by atoms with Gasteiger partial charge in [-0.25, -0.2) is 0 Å². The highest BCUT2D eigenvalue weighted by atomic mass is 16.5. The van der Waals surface area contributed by atoms with Crippen LogP contribution in [-0.2, 0) is 4.79 Å². The molecule has 20 heavy (non-hydrogen) atoms. The predicted molar refractivity (Wildman–Crippen MR) is 73.2 cm³/mol. The van der Waals surface area contributed by atoms with Gasteiger partial charge in [0.2, 0.25) is 0 Å². The number of ether oxygens (including phenoxy) is 2. The first kappa shape index (κ1) is 12.5. The Labute approximate surface area is 116 Å². The molecule has 0 aliphatic carbocycles. The fourth-order valence-corrected chi connectivity index (χ4v) is 2.46. The molecular formula is C16H14O4. The third-order valence-electron chi connectivity index (χ3n) is 3.29. The molecule has 1 N–H and O–H groups in total.